The Bertz CT molecular complexity index is 682. The zero-order valence-corrected chi connectivity index (χ0v) is 13.0. The van der Waals surface area contributed by atoms with Gasteiger partial charge in [-0.1, -0.05) is 27.5 Å². The van der Waals surface area contributed by atoms with Crippen LogP contribution in [0, 0.1) is 10.1 Å². The molecule has 110 valence electrons. The number of hydrogen-bond donors (Lipinski definition) is 2. The van der Waals surface area contributed by atoms with Crippen LogP contribution in [0.5, 0.6) is 5.75 Å². The molecule has 0 unspecified atom stereocenters. The number of nitro benzene ring substituents is 1. The molecule has 2 aromatic rings. The number of halogens is 2. The second-order valence-corrected chi connectivity index (χ2v) is 5.44. The minimum atomic E-state index is -0.509. The van der Waals surface area contributed by atoms with E-state index < -0.39 is 4.92 Å². The summed E-state index contributed by atoms with van der Waals surface area (Å²) in [5.74, 6) is 5.81. The predicted octanol–water partition coefficient (Wildman–Crippen LogP) is 3.88. The zero-order chi connectivity index (χ0) is 15.4. The van der Waals surface area contributed by atoms with Gasteiger partial charge in [0.25, 0.3) is 5.69 Å². The summed E-state index contributed by atoms with van der Waals surface area (Å²) in [6, 6.07) is 9.80. The molecule has 0 radical (unpaired) electrons. The van der Waals surface area contributed by atoms with Gasteiger partial charge in [0.2, 0.25) is 0 Å². The van der Waals surface area contributed by atoms with E-state index in [1.807, 2.05) is 6.07 Å². The fraction of sp³-hybridized carbons (Fsp3) is 0.0769. The fourth-order valence-electron chi connectivity index (χ4n) is 1.70. The Morgan fingerprint density at radius 1 is 1.33 bits per heavy atom. The highest BCUT2D eigenvalue weighted by Crippen LogP contribution is 2.29. The lowest BCUT2D eigenvalue weighted by atomic mass is 10.2. The first-order valence-electron chi connectivity index (χ1n) is 5.83. The van der Waals surface area contributed by atoms with E-state index in [0.29, 0.717) is 10.8 Å². The van der Waals surface area contributed by atoms with Crippen molar-refractivity contribution in [3.63, 3.8) is 0 Å². The predicted molar refractivity (Wildman–Crippen MR) is 84.4 cm³/mol. The molecule has 0 atom stereocenters. The number of anilines is 1. The summed E-state index contributed by atoms with van der Waals surface area (Å²) in [5.41, 5.74) is 3.16. The van der Waals surface area contributed by atoms with Crippen LogP contribution in [-0.2, 0) is 6.61 Å². The first-order valence-corrected chi connectivity index (χ1v) is 7.00. The van der Waals surface area contributed by atoms with Crippen molar-refractivity contribution in [2.24, 2.45) is 5.84 Å². The van der Waals surface area contributed by atoms with Crippen LogP contribution >= 0.6 is 27.5 Å². The van der Waals surface area contributed by atoms with Gasteiger partial charge in [-0.05, 0) is 35.9 Å². The van der Waals surface area contributed by atoms with Crippen molar-refractivity contribution in [3.8, 4) is 5.75 Å². The number of nitrogen functional groups attached to an aromatic ring is 1. The van der Waals surface area contributed by atoms with Crippen LogP contribution in [-0.4, -0.2) is 4.92 Å². The first kappa shape index (κ1) is 15.6. The number of rotatable bonds is 5. The van der Waals surface area contributed by atoms with Crippen molar-refractivity contribution in [2.75, 3.05) is 5.43 Å². The van der Waals surface area contributed by atoms with Gasteiger partial charge in [-0.3, -0.25) is 16.0 Å². The van der Waals surface area contributed by atoms with Gasteiger partial charge in [0, 0.05) is 10.5 Å². The molecule has 0 bridgehead atoms. The normalized spacial score (nSPS) is 10.2. The Morgan fingerprint density at radius 3 is 2.71 bits per heavy atom. The zero-order valence-electron chi connectivity index (χ0n) is 10.7. The number of benzene rings is 2. The molecule has 3 N–H and O–H groups in total. The summed E-state index contributed by atoms with van der Waals surface area (Å²) in [5, 5.41) is 11.3. The minimum Gasteiger partial charge on any atom is -0.487 e. The maximum absolute atomic E-state index is 10.8. The summed E-state index contributed by atoms with van der Waals surface area (Å²) >= 11 is 9.35. The molecule has 2 aromatic carbocycles. The lowest BCUT2D eigenvalue weighted by Crippen LogP contribution is -2.10. The molecule has 8 heteroatoms. The van der Waals surface area contributed by atoms with E-state index in [-0.39, 0.29) is 18.0 Å². The van der Waals surface area contributed by atoms with Crippen LogP contribution in [0.15, 0.2) is 40.9 Å². The van der Waals surface area contributed by atoms with Gasteiger partial charge in [0.15, 0.2) is 0 Å². The van der Waals surface area contributed by atoms with Crippen molar-refractivity contribution < 1.29 is 9.66 Å². The van der Waals surface area contributed by atoms with E-state index in [0.717, 1.165) is 10.0 Å². The fourth-order valence-corrected chi connectivity index (χ4v) is 2.43. The maximum atomic E-state index is 10.8. The summed E-state index contributed by atoms with van der Waals surface area (Å²) in [4.78, 5) is 10.3. The van der Waals surface area contributed by atoms with Gasteiger partial charge < -0.3 is 10.2 Å². The van der Waals surface area contributed by atoms with Crippen molar-refractivity contribution in [3.05, 3.63) is 61.6 Å². The van der Waals surface area contributed by atoms with Crippen molar-refractivity contribution in [1.29, 1.82) is 0 Å². The van der Waals surface area contributed by atoms with Gasteiger partial charge >= 0.3 is 0 Å². The molecular weight excluding hydrogens is 362 g/mol. The van der Waals surface area contributed by atoms with Crippen LogP contribution in [0.2, 0.25) is 5.02 Å². The quantitative estimate of drug-likeness (QED) is 0.472. The van der Waals surface area contributed by atoms with Gasteiger partial charge in [-0.25, -0.2) is 0 Å². The van der Waals surface area contributed by atoms with E-state index in [9.17, 15) is 10.1 Å². The summed E-state index contributed by atoms with van der Waals surface area (Å²) < 4.78 is 6.44. The molecule has 0 spiro atoms. The maximum Gasteiger partial charge on any atom is 0.293 e. The highest BCUT2D eigenvalue weighted by Gasteiger charge is 2.13. The van der Waals surface area contributed by atoms with Gasteiger partial charge in [0.1, 0.15) is 18.0 Å². The van der Waals surface area contributed by atoms with Crippen LogP contribution < -0.4 is 16.0 Å². The number of nitrogens with one attached hydrogen (secondary N) is 1. The molecule has 0 saturated heterocycles. The van der Waals surface area contributed by atoms with E-state index in [1.54, 1.807) is 24.3 Å². The summed E-state index contributed by atoms with van der Waals surface area (Å²) in [6.45, 7) is 0.216. The standard InChI is InChI=1S/C13H11BrClN3O3/c14-9-2-4-13(10(15)6-9)21-7-8-1-3-12(18(19)20)11(5-8)17-16/h1-6,17H,7,16H2. The average Bonchev–Trinajstić information content (AvgIpc) is 2.45. The molecule has 0 aliphatic rings. The Kier molecular flexibility index (Phi) is 5.00. The number of nitro groups is 1. The molecular formula is C13H11BrClN3O3. The average molecular weight is 373 g/mol. The summed E-state index contributed by atoms with van der Waals surface area (Å²) in [6.07, 6.45) is 0. The highest BCUT2D eigenvalue weighted by molar-refractivity contribution is 9.10. The van der Waals surface area contributed by atoms with Crippen LogP contribution in [0.4, 0.5) is 11.4 Å². The Hall–Kier alpha value is -1.83. The highest BCUT2D eigenvalue weighted by atomic mass is 79.9. The van der Waals surface area contributed by atoms with Crippen molar-refractivity contribution in [2.45, 2.75) is 6.61 Å². The molecule has 6 nitrogen and oxygen atoms in total. The van der Waals surface area contributed by atoms with Gasteiger partial charge in [-0.15, -0.1) is 0 Å². The molecule has 0 heterocycles. The molecule has 0 saturated carbocycles. The number of nitrogens with zero attached hydrogens (tertiary/aromatic N) is 1. The van der Waals surface area contributed by atoms with E-state index in [4.69, 9.17) is 22.2 Å². The molecule has 0 aliphatic carbocycles. The van der Waals surface area contributed by atoms with E-state index in [2.05, 4.69) is 21.4 Å². The largest absolute Gasteiger partial charge is 0.487 e. The van der Waals surface area contributed by atoms with Gasteiger partial charge in [0.05, 0.1) is 9.95 Å². The van der Waals surface area contributed by atoms with Crippen LogP contribution in [0.25, 0.3) is 0 Å². The van der Waals surface area contributed by atoms with E-state index in [1.165, 1.54) is 6.07 Å². The number of hydrogen-bond acceptors (Lipinski definition) is 5. The second-order valence-electron chi connectivity index (χ2n) is 4.12. The Balaban J connectivity index is 2.15. The molecule has 0 aromatic heterocycles. The number of nitrogens with two attached hydrogens (primary N) is 1. The molecule has 21 heavy (non-hydrogen) atoms. The SMILES string of the molecule is NNc1cc(COc2ccc(Br)cc2Cl)ccc1[N+](=O)[O-]. The summed E-state index contributed by atoms with van der Waals surface area (Å²) in [7, 11) is 0. The van der Waals surface area contributed by atoms with E-state index >= 15 is 0 Å². The smallest absolute Gasteiger partial charge is 0.293 e. The van der Waals surface area contributed by atoms with Crippen LogP contribution in [0.1, 0.15) is 5.56 Å². The molecule has 0 aliphatic heterocycles. The monoisotopic (exact) mass is 371 g/mol. The van der Waals surface area contributed by atoms with Crippen molar-refractivity contribution >= 4 is 38.9 Å². The van der Waals surface area contributed by atoms with Crippen LogP contribution in [0.3, 0.4) is 0 Å². The third-order valence-corrected chi connectivity index (χ3v) is 3.49. The third-order valence-electron chi connectivity index (χ3n) is 2.70. The Morgan fingerprint density at radius 2 is 2.10 bits per heavy atom. The lowest BCUT2D eigenvalue weighted by molar-refractivity contribution is -0.384. The lowest BCUT2D eigenvalue weighted by Gasteiger charge is -2.09. The first-order chi connectivity index (χ1) is 10.0. The number of hydrazine groups is 1. The molecule has 0 fully saturated rings. The number of ether oxygens (including phenoxy) is 1. The third kappa shape index (κ3) is 3.84. The second kappa shape index (κ2) is 6.75. The topological polar surface area (TPSA) is 90.4 Å². The van der Waals surface area contributed by atoms with Gasteiger partial charge in [-0.2, -0.15) is 0 Å². The minimum absolute atomic E-state index is 0.0945. The molecule has 0 amide bonds. The van der Waals surface area contributed by atoms with Crippen molar-refractivity contribution in [1.82, 2.24) is 0 Å². The Labute approximate surface area is 134 Å². The molecule has 2 rings (SSSR count).